The highest BCUT2D eigenvalue weighted by Gasteiger charge is 2.47. The van der Waals surface area contributed by atoms with Gasteiger partial charge in [0.15, 0.2) is 0 Å². The van der Waals surface area contributed by atoms with E-state index < -0.39 is 24.8 Å². The Morgan fingerprint density at radius 3 is 2.74 bits per heavy atom. The number of hydrogen-bond donors (Lipinski definition) is 0. The normalized spacial score (nSPS) is 23.3. The molecule has 2 rings (SSSR count). The van der Waals surface area contributed by atoms with Gasteiger partial charge in [0.05, 0.1) is 12.7 Å². The zero-order valence-electron chi connectivity index (χ0n) is 10.2. The average molecular weight is 304 g/mol. The highest BCUT2D eigenvalue weighted by Crippen LogP contribution is 2.60. The fraction of sp³-hybridized carbons (Fsp3) is 0.273. The van der Waals surface area contributed by atoms with Crippen molar-refractivity contribution in [3.05, 3.63) is 29.8 Å². The van der Waals surface area contributed by atoms with Gasteiger partial charge in [0.2, 0.25) is 0 Å². The van der Waals surface area contributed by atoms with Gasteiger partial charge in [-0.25, -0.2) is 14.0 Å². The van der Waals surface area contributed by atoms with Crippen molar-refractivity contribution < 1.29 is 23.4 Å². The molecule has 0 aromatic heterocycles. The predicted octanol–water partition coefficient (Wildman–Crippen LogP) is 2.43. The van der Waals surface area contributed by atoms with Crippen LogP contribution in [-0.4, -0.2) is 29.7 Å². The van der Waals surface area contributed by atoms with E-state index in [0.29, 0.717) is 0 Å². The molecule has 0 spiro atoms. The van der Waals surface area contributed by atoms with Gasteiger partial charge in [0.1, 0.15) is 11.8 Å². The van der Waals surface area contributed by atoms with Crippen molar-refractivity contribution >= 4 is 30.0 Å². The van der Waals surface area contributed by atoms with E-state index in [1.165, 1.54) is 26.2 Å². The van der Waals surface area contributed by atoms with Gasteiger partial charge in [-0.2, -0.15) is 0 Å². The number of fused-ring (bicyclic) bond motifs is 1. The maximum absolute atomic E-state index is 12.3. The van der Waals surface area contributed by atoms with Crippen molar-refractivity contribution in [2.75, 3.05) is 7.11 Å². The fourth-order valence-corrected chi connectivity index (χ4v) is 3.92. The Balaban J connectivity index is 2.48. The zero-order chi connectivity index (χ0) is 14.2. The zero-order valence-corrected chi connectivity index (χ0v) is 11.9. The number of hydrogen-bond acceptors (Lipinski definition) is 5. The molecule has 1 aromatic rings. The summed E-state index contributed by atoms with van der Waals surface area (Å²) < 4.78 is 22.6. The lowest BCUT2D eigenvalue weighted by Crippen LogP contribution is -2.43. The van der Waals surface area contributed by atoms with Crippen molar-refractivity contribution in [1.82, 2.24) is 4.67 Å². The first-order valence-corrected chi connectivity index (χ1v) is 7.87. The number of nitrogens with zero attached hydrogens (tertiary/aromatic N) is 1. The number of rotatable bonds is 2. The number of carbonyl (C=O) groups excluding carboxylic acids is 2. The third kappa shape index (κ3) is 2.33. The van der Waals surface area contributed by atoms with Gasteiger partial charge < -0.3 is 9.26 Å². The molecular formula is C11H11ClNO5P. The number of para-hydroxylation sites is 1. The van der Waals surface area contributed by atoms with Crippen LogP contribution in [0.4, 0.5) is 0 Å². The van der Waals surface area contributed by atoms with Crippen LogP contribution >= 0.6 is 18.1 Å². The molecule has 1 aromatic carbocycles. The first-order valence-electron chi connectivity index (χ1n) is 5.38. The van der Waals surface area contributed by atoms with E-state index in [2.05, 4.69) is 4.74 Å². The highest BCUT2D eigenvalue weighted by molar-refractivity contribution is 7.84. The third-order valence-corrected chi connectivity index (χ3v) is 4.86. The quantitative estimate of drug-likeness (QED) is 0.620. The first kappa shape index (κ1) is 13.9. The monoisotopic (exact) mass is 303 g/mol. The predicted molar refractivity (Wildman–Crippen MR) is 68.2 cm³/mol. The van der Waals surface area contributed by atoms with E-state index in [0.717, 1.165) is 4.67 Å². The number of ether oxygens (including phenoxy) is 1. The molecule has 1 heterocycles. The van der Waals surface area contributed by atoms with Crippen LogP contribution in [-0.2, 0) is 14.1 Å². The van der Waals surface area contributed by atoms with Gasteiger partial charge in [-0.05, 0) is 19.1 Å². The second-order valence-electron chi connectivity index (χ2n) is 3.89. The molecule has 19 heavy (non-hydrogen) atoms. The number of amides is 1. The lowest BCUT2D eigenvalue weighted by Gasteiger charge is -2.34. The van der Waals surface area contributed by atoms with Crippen LogP contribution in [0.2, 0.25) is 0 Å². The lowest BCUT2D eigenvalue weighted by atomic mass is 10.1. The summed E-state index contributed by atoms with van der Waals surface area (Å²) in [6, 6.07) is 5.15. The Hall–Kier alpha value is -1.52. The second-order valence-corrected chi connectivity index (χ2v) is 6.69. The molecule has 6 nitrogen and oxygen atoms in total. The minimum absolute atomic E-state index is 0.138. The van der Waals surface area contributed by atoms with Gasteiger partial charge in [0.25, 0.3) is 5.91 Å². The Labute approximate surface area is 114 Å². The van der Waals surface area contributed by atoms with Crippen molar-refractivity contribution in [1.29, 1.82) is 0 Å². The lowest BCUT2D eigenvalue weighted by molar-refractivity contribution is -0.144. The smallest absolute Gasteiger partial charge is 0.441 e. The molecule has 0 N–H and O–H groups in total. The van der Waals surface area contributed by atoms with E-state index in [-0.39, 0.29) is 11.3 Å². The van der Waals surface area contributed by atoms with Crippen molar-refractivity contribution in [3.63, 3.8) is 0 Å². The van der Waals surface area contributed by atoms with Gasteiger partial charge >= 0.3 is 12.8 Å². The third-order valence-electron chi connectivity index (χ3n) is 2.70. The summed E-state index contributed by atoms with van der Waals surface area (Å²) in [5, 5.41) is 0. The molecule has 0 saturated carbocycles. The number of benzene rings is 1. The molecule has 0 bridgehead atoms. The minimum Gasteiger partial charge on any atom is -0.467 e. The van der Waals surface area contributed by atoms with Gasteiger partial charge in [-0.3, -0.25) is 4.79 Å². The summed E-state index contributed by atoms with van der Waals surface area (Å²) in [5.41, 5.74) is 0.199. The topological polar surface area (TPSA) is 72.9 Å². The molecule has 1 amide bonds. The molecule has 8 heteroatoms. The average Bonchev–Trinajstić information content (AvgIpc) is 2.36. The van der Waals surface area contributed by atoms with Crippen molar-refractivity contribution in [3.8, 4) is 5.75 Å². The standard InChI is InChI=1S/C11H11ClNO5P/c1-7(11(15)17-2)13-10(14)8-5-3-4-6-9(8)18-19(13,12)16/h3-7H,1-2H3/t7-,19?/m0/s1. The highest BCUT2D eigenvalue weighted by atomic mass is 35.7. The Bertz CT molecular complexity index is 590. The number of carbonyl (C=O) groups is 2. The van der Waals surface area contributed by atoms with Crippen LogP contribution in [0.25, 0.3) is 0 Å². The number of methoxy groups -OCH3 is 1. The van der Waals surface area contributed by atoms with E-state index in [1.54, 1.807) is 12.1 Å². The van der Waals surface area contributed by atoms with Crippen LogP contribution in [0, 0.1) is 0 Å². The van der Waals surface area contributed by atoms with E-state index in [4.69, 9.17) is 15.8 Å². The Kier molecular flexibility index (Phi) is 3.56. The number of esters is 1. The molecule has 2 atom stereocenters. The van der Waals surface area contributed by atoms with Gasteiger partial charge in [0, 0.05) is 11.2 Å². The van der Waals surface area contributed by atoms with E-state index >= 15 is 0 Å². The van der Waals surface area contributed by atoms with Crippen LogP contribution in [0.5, 0.6) is 5.75 Å². The maximum Gasteiger partial charge on any atom is 0.441 e. The van der Waals surface area contributed by atoms with Crippen LogP contribution in [0.1, 0.15) is 17.3 Å². The van der Waals surface area contributed by atoms with Gasteiger partial charge in [-0.1, -0.05) is 12.1 Å². The summed E-state index contributed by atoms with van der Waals surface area (Å²) in [4.78, 5) is 23.8. The van der Waals surface area contributed by atoms with Gasteiger partial charge in [-0.15, -0.1) is 0 Å². The summed E-state index contributed by atoms with van der Waals surface area (Å²) in [6.07, 6.45) is 0. The molecule has 0 fully saturated rings. The summed E-state index contributed by atoms with van der Waals surface area (Å²) >= 11 is 5.79. The minimum atomic E-state index is -3.95. The molecule has 1 aliphatic heterocycles. The molecule has 0 radical (unpaired) electrons. The van der Waals surface area contributed by atoms with E-state index in [1.807, 2.05) is 0 Å². The largest absolute Gasteiger partial charge is 0.467 e. The first-order chi connectivity index (χ1) is 8.88. The Morgan fingerprint density at radius 1 is 1.47 bits per heavy atom. The fourth-order valence-electron chi connectivity index (χ4n) is 1.77. The molecule has 1 aliphatic rings. The van der Waals surface area contributed by atoms with Crippen molar-refractivity contribution in [2.45, 2.75) is 13.0 Å². The molecular weight excluding hydrogens is 293 g/mol. The van der Waals surface area contributed by atoms with Crippen molar-refractivity contribution in [2.24, 2.45) is 0 Å². The van der Waals surface area contributed by atoms with E-state index in [9.17, 15) is 14.2 Å². The molecule has 0 saturated heterocycles. The summed E-state index contributed by atoms with van der Waals surface area (Å²) in [5.74, 6) is -1.21. The van der Waals surface area contributed by atoms with Crippen LogP contribution in [0.15, 0.2) is 24.3 Å². The molecule has 0 aliphatic carbocycles. The molecule has 1 unspecified atom stereocenters. The Morgan fingerprint density at radius 2 is 2.11 bits per heavy atom. The summed E-state index contributed by atoms with van der Waals surface area (Å²) in [7, 11) is 1.17. The molecule has 102 valence electrons. The second kappa shape index (κ2) is 4.87. The van der Waals surface area contributed by atoms with Crippen LogP contribution < -0.4 is 4.52 Å². The SMILES string of the molecule is COC(=O)[C@H](C)N1C(=O)c2ccccc2OP1(=O)Cl. The maximum atomic E-state index is 12.3. The summed E-state index contributed by atoms with van der Waals surface area (Å²) in [6.45, 7) is -2.58. The van der Waals surface area contributed by atoms with Crippen LogP contribution in [0.3, 0.4) is 0 Å². The number of halogens is 1.